The van der Waals surface area contributed by atoms with Gasteiger partial charge in [-0.05, 0) is 12.1 Å². The molecule has 0 aliphatic rings. The van der Waals surface area contributed by atoms with Crippen LogP contribution in [-0.2, 0) is 9.53 Å². The zero-order valence-electron chi connectivity index (χ0n) is 9.50. The highest BCUT2D eigenvalue weighted by molar-refractivity contribution is 5.98. The van der Waals surface area contributed by atoms with Crippen molar-refractivity contribution in [2.24, 2.45) is 5.92 Å². The monoisotopic (exact) mass is 242 g/mol. The summed E-state index contributed by atoms with van der Waals surface area (Å²) in [6, 6.07) is 2.70. The van der Waals surface area contributed by atoms with Gasteiger partial charge in [0.25, 0.3) is 0 Å². The number of hydrogen-bond acceptors (Lipinski definition) is 3. The first kappa shape index (κ1) is 13.3. The number of methoxy groups -OCH3 is 1. The van der Waals surface area contributed by atoms with Gasteiger partial charge in [0.2, 0.25) is 0 Å². The van der Waals surface area contributed by atoms with E-state index in [-0.39, 0.29) is 12.0 Å². The summed E-state index contributed by atoms with van der Waals surface area (Å²) in [5.41, 5.74) is -0.220. The molecule has 0 spiro atoms. The number of rotatable bonds is 4. The maximum absolute atomic E-state index is 13.3. The number of ketones is 1. The lowest BCUT2D eigenvalue weighted by Crippen LogP contribution is -2.17. The third-order valence-electron chi connectivity index (χ3n) is 2.33. The van der Waals surface area contributed by atoms with E-state index in [2.05, 4.69) is 4.74 Å². The molecule has 1 unspecified atom stereocenters. The van der Waals surface area contributed by atoms with Crippen LogP contribution in [0.5, 0.6) is 0 Å². The number of Topliss-reactive ketones (excluding diaryl/α,β-unsaturated/α-hetero) is 1. The number of hydrogen-bond donors (Lipinski definition) is 0. The molecular formula is C12H12F2O3. The van der Waals surface area contributed by atoms with Crippen LogP contribution in [0.2, 0.25) is 0 Å². The Kier molecular flexibility index (Phi) is 4.31. The predicted octanol–water partition coefficient (Wildman–Crippen LogP) is 2.35. The van der Waals surface area contributed by atoms with Crippen molar-refractivity contribution in [3.05, 3.63) is 35.4 Å². The molecule has 0 radical (unpaired) electrons. The van der Waals surface area contributed by atoms with Crippen LogP contribution in [0.15, 0.2) is 18.2 Å². The fraction of sp³-hybridized carbons (Fsp3) is 0.333. The molecule has 0 saturated carbocycles. The SMILES string of the molecule is COC(=O)C(C)CC(=O)c1ccc(F)cc1F. The Balaban J connectivity index is 2.80. The van der Waals surface area contributed by atoms with Crippen LogP contribution >= 0.6 is 0 Å². The van der Waals surface area contributed by atoms with Crippen LogP contribution in [0.4, 0.5) is 8.78 Å². The molecule has 17 heavy (non-hydrogen) atoms. The first-order valence-electron chi connectivity index (χ1n) is 5.01. The first-order chi connectivity index (χ1) is 7.95. The fourth-order valence-corrected chi connectivity index (χ4v) is 1.39. The molecule has 0 N–H and O–H groups in total. The van der Waals surface area contributed by atoms with Gasteiger partial charge in [0.1, 0.15) is 11.6 Å². The van der Waals surface area contributed by atoms with Gasteiger partial charge in [-0.15, -0.1) is 0 Å². The zero-order chi connectivity index (χ0) is 13.0. The summed E-state index contributed by atoms with van der Waals surface area (Å²) in [5.74, 6) is -3.43. The van der Waals surface area contributed by atoms with Gasteiger partial charge in [0.05, 0.1) is 18.6 Å². The number of benzene rings is 1. The van der Waals surface area contributed by atoms with E-state index < -0.39 is 29.3 Å². The van der Waals surface area contributed by atoms with Crippen LogP contribution in [-0.4, -0.2) is 18.9 Å². The molecule has 1 rings (SSSR count). The molecule has 1 atom stereocenters. The summed E-state index contributed by atoms with van der Waals surface area (Å²) < 4.78 is 30.3. The van der Waals surface area contributed by atoms with Crippen LogP contribution < -0.4 is 0 Å². The minimum atomic E-state index is -0.924. The van der Waals surface area contributed by atoms with Crippen molar-refractivity contribution in [3.63, 3.8) is 0 Å². The molecule has 0 bridgehead atoms. The molecule has 0 heterocycles. The Morgan fingerprint density at radius 3 is 2.53 bits per heavy atom. The fourth-order valence-electron chi connectivity index (χ4n) is 1.39. The number of carbonyl (C=O) groups is 2. The second kappa shape index (κ2) is 5.52. The lowest BCUT2D eigenvalue weighted by atomic mass is 9.99. The van der Waals surface area contributed by atoms with E-state index in [1.54, 1.807) is 0 Å². The van der Waals surface area contributed by atoms with Crippen molar-refractivity contribution in [2.45, 2.75) is 13.3 Å². The van der Waals surface area contributed by atoms with Gasteiger partial charge in [-0.25, -0.2) is 8.78 Å². The van der Waals surface area contributed by atoms with Gasteiger partial charge in [-0.2, -0.15) is 0 Å². The summed E-state index contributed by atoms with van der Waals surface area (Å²) >= 11 is 0. The van der Waals surface area contributed by atoms with E-state index in [1.165, 1.54) is 14.0 Å². The summed E-state index contributed by atoms with van der Waals surface area (Å²) in [5, 5.41) is 0. The highest BCUT2D eigenvalue weighted by Gasteiger charge is 2.20. The number of ether oxygens (including phenoxy) is 1. The quantitative estimate of drug-likeness (QED) is 0.601. The van der Waals surface area contributed by atoms with Gasteiger partial charge in [0, 0.05) is 12.5 Å². The van der Waals surface area contributed by atoms with Crippen molar-refractivity contribution < 1.29 is 23.1 Å². The predicted molar refractivity (Wildman–Crippen MR) is 56.5 cm³/mol. The maximum atomic E-state index is 13.3. The molecule has 0 aromatic heterocycles. The topological polar surface area (TPSA) is 43.4 Å². The summed E-state index contributed by atoms with van der Waals surface area (Å²) in [6.45, 7) is 1.51. The highest BCUT2D eigenvalue weighted by Crippen LogP contribution is 2.15. The summed E-state index contributed by atoms with van der Waals surface area (Å²) in [6.07, 6.45) is -0.171. The summed E-state index contributed by atoms with van der Waals surface area (Å²) in [4.78, 5) is 22.7. The van der Waals surface area contributed by atoms with Crippen molar-refractivity contribution in [1.82, 2.24) is 0 Å². The standard InChI is InChI=1S/C12H12F2O3/c1-7(12(16)17-2)5-11(15)9-4-3-8(13)6-10(9)14/h3-4,6-7H,5H2,1-2H3. The Bertz CT molecular complexity index is 443. The van der Waals surface area contributed by atoms with E-state index in [1.807, 2.05) is 0 Å². The molecule has 0 aliphatic carbocycles. The van der Waals surface area contributed by atoms with E-state index >= 15 is 0 Å². The molecular weight excluding hydrogens is 230 g/mol. The second-order valence-electron chi connectivity index (χ2n) is 3.68. The Morgan fingerprint density at radius 2 is 2.00 bits per heavy atom. The van der Waals surface area contributed by atoms with Crippen molar-refractivity contribution in [1.29, 1.82) is 0 Å². The normalized spacial score (nSPS) is 12.0. The molecule has 3 nitrogen and oxygen atoms in total. The molecule has 92 valence electrons. The second-order valence-corrected chi connectivity index (χ2v) is 3.68. The first-order valence-corrected chi connectivity index (χ1v) is 5.01. The van der Waals surface area contributed by atoms with Gasteiger partial charge < -0.3 is 4.74 Å². The van der Waals surface area contributed by atoms with Gasteiger partial charge in [-0.1, -0.05) is 6.92 Å². The molecule has 5 heteroatoms. The Hall–Kier alpha value is -1.78. The van der Waals surface area contributed by atoms with Crippen LogP contribution in [0.1, 0.15) is 23.7 Å². The Morgan fingerprint density at radius 1 is 1.35 bits per heavy atom. The average molecular weight is 242 g/mol. The third kappa shape index (κ3) is 3.34. The summed E-state index contributed by atoms with van der Waals surface area (Å²) in [7, 11) is 1.21. The van der Waals surface area contributed by atoms with Crippen molar-refractivity contribution in [2.75, 3.05) is 7.11 Å². The lowest BCUT2D eigenvalue weighted by molar-refractivity contribution is -0.144. The molecule has 0 fully saturated rings. The number of carbonyl (C=O) groups excluding carboxylic acids is 2. The van der Waals surface area contributed by atoms with Gasteiger partial charge in [-0.3, -0.25) is 9.59 Å². The minimum Gasteiger partial charge on any atom is -0.469 e. The van der Waals surface area contributed by atoms with Crippen molar-refractivity contribution >= 4 is 11.8 Å². The van der Waals surface area contributed by atoms with Gasteiger partial charge in [0.15, 0.2) is 5.78 Å². The Labute approximate surface area is 97.4 Å². The third-order valence-corrected chi connectivity index (χ3v) is 2.33. The number of halogens is 2. The van der Waals surface area contributed by atoms with E-state index in [0.29, 0.717) is 6.07 Å². The molecule has 0 amide bonds. The molecule has 0 saturated heterocycles. The van der Waals surface area contributed by atoms with Crippen LogP contribution in [0.3, 0.4) is 0 Å². The van der Waals surface area contributed by atoms with E-state index in [0.717, 1.165) is 12.1 Å². The molecule has 1 aromatic carbocycles. The van der Waals surface area contributed by atoms with Crippen LogP contribution in [0.25, 0.3) is 0 Å². The smallest absolute Gasteiger partial charge is 0.308 e. The van der Waals surface area contributed by atoms with Crippen molar-refractivity contribution in [3.8, 4) is 0 Å². The largest absolute Gasteiger partial charge is 0.469 e. The highest BCUT2D eigenvalue weighted by atomic mass is 19.1. The number of esters is 1. The zero-order valence-corrected chi connectivity index (χ0v) is 9.50. The minimum absolute atomic E-state index is 0.171. The van der Waals surface area contributed by atoms with Gasteiger partial charge >= 0.3 is 5.97 Å². The average Bonchev–Trinajstić information content (AvgIpc) is 2.27. The van der Waals surface area contributed by atoms with E-state index in [9.17, 15) is 18.4 Å². The maximum Gasteiger partial charge on any atom is 0.308 e. The molecule has 1 aromatic rings. The molecule has 0 aliphatic heterocycles. The van der Waals surface area contributed by atoms with Crippen LogP contribution in [0, 0.1) is 17.6 Å². The van der Waals surface area contributed by atoms with E-state index in [4.69, 9.17) is 0 Å². The lowest BCUT2D eigenvalue weighted by Gasteiger charge is -2.08.